The van der Waals surface area contributed by atoms with Crippen LogP contribution in [0.15, 0.2) is 24.7 Å². The zero-order valence-electron chi connectivity index (χ0n) is 9.15. The molecule has 0 saturated carbocycles. The molecule has 8 heteroatoms. The molecule has 0 aliphatic carbocycles. The molecular weight excluding hydrogens is 260 g/mol. The minimum Gasteiger partial charge on any atom is -0.490 e. The summed E-state index contributed by atoms with van der Waals surface area (Å²) in [5, 5.41) is 16.3. The molecule has 0 saturated heterocycles. The van der Waals surface area contributed by atoms with Crippen LogP contribution in [0.5, 0.6) is 5.75 Å². The Morgan fingerprint density at radius 1 is 1.50 bits per heavy atom. The van der Waals surface area contributed by atoms with Gasteiger partial charge in [-0.15, -0.1) is 5.10 Å². The number of pyridine rings is 1. The number of halogens is 1. The van der Waals surface area contributed by atoms with Gasteiger partial charge in [-0.05, 0) is 0 Å². The number of rotatable bonds is 5. The molecule has 2 aromatic rings. The molecular formula is C10H9ClN4O3. The molecule has 0 bridgehead atoms. The van der Waals surface area contributed by atoms with Crippen molar-refractivity contribution >= 4 is 17.6 Å². The average molecular weight is 269 g/mol. The smallest absolute Gasteiger partial charge is 0.358 e. The Labute approximate surface area is 107 Å². The first-order chi connectivity index (χ1) is 8.65. The molecule has 2 rings (SSSR count). The molecule has 0 aliphatic heterocycles. The summed E-state index contributed by atoms with van der Waals surface area (Å²) in [5.41, 5.74) is -0.0978. The fourth-order valence-corrected chi connectivity index (χ4v) is 1.40. The van der Waals surface area contributed by atoms with E-state index in [1.54, 1.807) is 6.07 Å². The van der Waals surface area contributed by atoms with Gasteiger partial charge < -0.3 is 9.84 Å². The fraction of sp³-hybridized carbons (Fsp3) is 0.200. The maximum Gasteiger partial charge on any atom is 0.358 e. The van der Waals surface area contributed by atoms with Crippen LogP contribution >= 0.6 is 11.6 Å². The summed E-state index contributed by atoms with van der Waals surface area (Å²) in [6.45, 7) is 0.692. The molecule has 94 valence electrons. The number of ether oxygens (including phenoxy) is 1. The lowest BCUT2D eigenvalue weighted by molar-refractivity contribution is 0.0690. The van der Waals surface area contributed by atoms with Crippen molar-refractivity contribution in [2.75, 3.05) is 6.61 Å². The van der Waals surface area contributed by atoms with Crippen molar-refractivity contribution in [3.63, 3.8) is 0 Å². The van der Waals surface area contributed by atoms with E-state index in [1.165, 1.54) is 23.3 Å². The van der Waals surface area contributed by atoms with Crippen LogP contribution in [0.4, 0.5) is 0 Å². The maximum atomic E-state index is 10.6. The molecule has 2 aromatic heterocycles. The first-order valence-electron chi connectivity index (χ1n) is 5.02. The van der Waals surface area contributed by atoms with Gasteiger partial charge in [-0.25, -0.2) is 9.48 Å². The van der Waals surface area contributed by atoms with Crippen LogP contribution in [0.2, 0.25) is 5.02 Å². The Kier molecular flexibility index (Phi) is 3.73. The third-order valence-electron chi connectivity index (χ3n) is 2.03. The lowest BCUT2D eigenvalue weighted by atomic mass is 10.4. The summed E-state index contributed by atoms with van der Waals surface area (Å²) >= 11 is 5.74. The Bertz CT molecular complexity index is 558. The SMILES string of the molecule is O=C(O)c1cn(CCOc2cncc(Cl)c2)nn1. The van der Waals surface area contributed by atoms with Crippen LogP contribution in [-0.2, 0) is 6.54 Å². The second-order valence-electron chi connectivity index (χ2n) is 3.36. The predicted molar refractivity (Wildman–Crippen MR) is 61.7 cm³/mol. The van der Waals surface area contributed by atoms with Gasteiger partial charge >= 0.3 is 5.97 Å². The van der Waals surface area contributed by atoms with E-state index in [1.807, 2.05) is 0 Å². The summed E-state index contributed by atoms with van der Waals surface area (Å²) in [6.07, 6.45) is 4.38. The molecule has 7 nitrogen and oxygen atoms in total. The average Bonchev–Trinajstić information content (AvgIpc) is 2.78. The zero-order chi connectivity index (χ0) is 13.0. The number of hydrogen-bond acceptors (Lipinski definition) is 5. The van der Waals surface area contributed by atoms with Crippen molar-refractivity contribution in [1.29, 1.82) is 0 Å². The van der Waals surface area contributed by atoms with Gasteiger partial charge in [-0.2, -0.15) is 0 Å². The van der Waals surface area contributed by atoms with Gasteiger partial charge in [0.2, 0.25) is 0 Å². The topological polar surface area (TPSA) is 90.1 Å². The molecule has 0 atom stereocenters. The van der Waals surface area contributed by atoms with Gasteiger partial charge in [0.1, 0.15) is 12.4 Å². The number of carboxylic acids is 1. The van der Waals surface area contributed by atoms with Crippen molar-refractivity contribution in [1.82, 2.24) is 20.0 Å². The summed E-state index contributed by atoms with van der Waals surface area (Å²) in [7, 11) is 0. The fourth-order valence-electron chi connectivity index (χ4n) is 1.23. The Hall–Kier alpha value is -2.15. The first kappa shape index (κ1) is 12.3. The van der Waals surface area contributed by atoms with Gasteiger partial charge in [-0.1, -0.05) is 16.8 Å². The standard InChI is InChI=1S/C10H9ClN4O3/c11-7-3-8(5-12-4-7)18-2-1-15-6-9(10(16)17)13-14-15/h3-6H,1-2H2,(H,16,17). The molecule has 0 radical (unpaired) electrons. The van der Waals surface area contributed by atoms with Gasteiger partial charge in [0, 0.05) is 12.3 Å². The zero-order valence-corrected chi connectivity index (χ0v) is 9.91. The number of carbonyl (C=O) groups is 1. The van der Waals surface area contributed by atoms with Crippen LogP contribution < -0.4 is 4.74 Å². The van der Waals surface area contributed by atoms with Crippen LogP contribution in [0.1, 0.15) is 10.5 Å². The Morgan fingerprint density at radius 3 is 3.00 bits per heavy atom. The van der Waals surface area contributed by atoms with E-state index < -0.39 is 5.97 Å². The second kappa shape index (κ2) is 5.46. The van der Waals surface area contributed by atoms with Crippen molar-refractivity contribution in [3.8, 4) is 5.75 Å². The number of hydrogen-bond donors (Lipinski definition) is 1. The summed E-state index contributed by atoms with van der Waals surface area (Å²) in [4.78, 5) is 14.4. The van der Waals surface area contributed by atoms with Crippen LogP contribution in [0, 0.1) is 0 Å². The van der Waals surface area contributed by atoms with E-state index >= 15 is 0 Å². The van der Waals surface area contributed by atoms with Crippen molar-refractivity contribution in [2.24, 2.45) is 0 Å². The van der Waals surface area contributed by atoms with Crippen molar-refractivity contribution < 1.29 is 14.6 Å². The van der Waals surface area contributed by atoms with E-state index in [2.05, 4.69) is 15.3 Å². The number of carboxylic acid groups (broad SMARTS) is 1. The van der Waals surface area contributed by atoms with Crippen molar-refractivity contribution in [3.05, 3.63) is 35.4 Å². The second-order valence-corrected chi connectivity index (χ2v) is 3.80. The van der Waals surface area contributed by atoms with Gasteiger partial charge in [0.25, 0.3) is 0 Å². The lowest BCUT2D eigenvalue weighted by Gasteiger charge is -2.05. The predicted octanol–water partition coefficient (Wildman–Crippen LogP) is 1.10. The van der Waals surface area contributed by atoms with E-state index in [9.17, 15) is 4.79 Å². The van der Waals surface area contributed by atoms with Gasteiger partial charge in [-0.3, -0.25) is 4.98 Å². The normalized spacial score (nSPS) is 10.3. The van der Waals surface area contributed by atoms with E-state index in [0.29, 0.717) is 23.9 Å². The Morgan fingerprint density at radius 2 is 2.33 bits per heavy atom. The highest BCUT2D eigenvalue weighted by atomic mass is 35.5. The first-order valence-corrected chi connectivity index (χ1v) is 5.40. The van der Waals surface area contributed by atoms with Gasteiger partial charge in [0.15, 0.2) is 5.69 Å². The lowest BCUT2D eigenvalue weighted by Crippen LogP contribution is -2.08. The third kappa shape index (κ3) is 3.17. The van der Waals surface area contributed by atoms with E-state index in [0.717, 1.165) is 0 Å². The summed E-state index contributed by atoms with van der Waals surface area (Å²) in [5.74, 6) is -0.567. The van der Waals surface area contributed by atoms with Crippen LogP contribution in [0.3, 0.4) is 0 Å². The molecule has 0 amide bonds. The third-order valence-corrected chi connectivity index (χ3v) is 2.23. The number of aromatic nitrogens is 4. The molecule has 1 N–H and O–H groups in total. The number of nitrogens with zero attached hydrogens (tertiary/aromatic N) is 4. The molecule has 0 unspecified atom stereocenters. The molecule has 0 fully saturated rings. The monoisotopic (exact) mass is 268 g/mol. The molecule has 2 heterocycles. The minimum atomic E-state index is -1.11. The summed E-state index contributed by atoms with van der Waals surface area (Å²) in [6, 6.07) is 1.64. The summed E-state index contributed by atoms with van der Waals surface area (Å²) < 4.78 is 6.77. The molecule has 18 heavy (non-hydrogen) atoms. The van der Waals surface area contributed by atoms with Crippen LogP contribution in [-0.4, -0.2) is 37.7 Å². The largest absolute Gasteiger partial charge is 0.490 e. The maximum absolute atomic E-state index is 10.6. The Balaban J connectivity index is 1.86. The number of aromatic carboxylic acids is 1. The van der Waals surface area contributed by atoms with Gasteiger partial charge in [0.05, 0.1) is 24.0 Å². The highest BCUT2D eigenvalue weighted by Crippen LogP contribution is 2.14. The highest BCUT2D eigenvalue weighted by Gasteiger charge is 2.07. The quantitative estimate of drug-likeness (QED) is 0.873. The van der Waals surface area contributed by atoms with Crippen molar-refractivity contribution in [2.45, 2.75) is 6.54 Å². The van der Waals surface area contributed by atoms with Crippen LogP contribution in [0.25, 0.3) is 0 Å². The van der Waals surface area contributed by atoms with E-state index in [-0.39, 0.29) is 5.69 Å². The highest BCUT2D eigenvalue weighted by molar-refractivity contribution is 6.30. The minimum absolute atomic E-state index is 0.0978. The van der Waals surface area contributed by atoms with E-state index in [4.69, 9.17) is 21.4 Å². The molecule has 0 aliphatic rings. The molecule has 0 aromatic carbocycles. The molecule has 0 spiro atoms.